The maximum absolute atomic E-state index is 15.0. The normalized spacial score (nSPS) is 13.1. The van der Waals surface area contributed by atoms with Crippen LogP contribution in [0, 0.1) is 11.3 Å². The SMILES string of the molecule is N#Cc1cc(C(=O)C[C@](SCc2ccccc2)(c2cc(Cl)c(Cl)c(Cl)c2)C(F)(F)F)ccc1-n1cncn1. The van der Waals surface area contributed by atoms with Crippen LogP contribution in [0.15, 0.2) is 73.3 Å². The minimum Gasteiger partial charge on any atom is -0.294 e. The number of carbonyl (C=O) groups excluding carboxylic acids is 1. The molecule has 38 heavy (non-hydrogen) atoms. The Bertz CT molecular complexity index is 1490. The van der Waals surface area contributed by atoms with Gasteiger partial charge >= 0.3 is 6.18 Å². The predicted molar refractivity (Wildman–Crippen MR) is 142 cm³/mol. The van der Waals surface area contributed by atoms with E-state index in [9.17, 15) is 10.1 Å². The second-order valence-corrected chi connectivity index (χ2v) is 10.6. The number of ketones is 1. The Kier molecular flexibility index (Phi) is 8.38. The van der Waals surface area contributed by atoms with Gasteiger partial charge in [0.25, 0.3) is 0 Å². The molecule has 0 spiro atoms. The van der Waals surface area contributed by atoms with Gasteiger partial charge in [0.05, 0.1) is 26.3 Å². The lowest BCUT2D eigenvalue weighted by Gasteiger charge is -2.36. The summed E-state index contributed by atoms with van der Waals surface area (Å²) in [6.45, 7) is 0. The molecule has 0 saturated heterocycles. The van der Waals surface area contributed by atoms with E-state index in [0.717, 1.165) is 12.1 Å². The van der Waals surface area contributed by atoms with Gasteiger partial charge in [0.15, 0.2) is 5.78 Å². The van der Waals surface area contributed by atoms with Crippen LogP contribution in [0.3, 0.4) is 0 Å². The summed E-state index contributed by atoms with van der Waals surface area (Å²) in [5, 5.41) is 13.1. The predicted octanol–water partition coefficient (Wildman–Crippen LogP) is 8.06. The lowest BCUT2D eigenvalue weighted by atomic mass is 9.89. The number of hydrogen-bond donors (Lipinski definition) is 0. The third-order valence-electron chi connectivity index (χ3n) is 5.75. The Hall–Kier alpha value is -3.03. The van der Waals surface area contributed by atoms with E-state index in [1.807, 2.05) is 6.07 Å². The van der Waals surface area contributed by atoms with Crippen LogP contribution in [0.5, 0.6) is 0 Å². The first-order valence-corrected chi connectivity index (χ1v) is 13.0. The third kappa shape index (κ3) is 5.69. The second kappa shape index (κ2) is 11.4. The van der Waals surface area contributed by atoms with E-state index in [-0.39, 0.29) is 37.5 Å². The molecule has 1 atom stereocenters. The number of alkyl halides is 3. The Labute approximate surface area is 235 Å². The summed E-state index contributed by atoms with van der Waals surface area (Å²) >= 11 is 18.8. The molecule has 194 valence electrons. The number of hydrogen-bond acceptors (Lipinski definition) is 5. The molecule has 0 amide bonds. The molecule has 1 heterocycles. The van der Waals surface area contributed by atoms with Gasteiger partial charge < -0.3 is 0 Å². The van der Waals surface area contributed by atoms with Crippen molar-refractivity contribution in [1.82, 2.24) is 14.8 Å². The first-order valence-electron chi connectivity index (χ1n) is 10.9. The molecule has 0 unspecified atom stereocenters. The summed E-state index contributed by atoms with van der Waals surface area (Å²) in [7, 11) is 0. The molecule has 5 nitrogen and oxygen atoms in total. The van der Waals surface area contributed by atoms with Crippen molar-refractivity contribution >= 4 is 52.3 Å². The molecule has 4 aromatic rings. The van der Waals surface area contributed by atoms with E-state index < -0.39 is 23.1 Å². The van der Waals surface area contributed by atoms with Crippen LogP contribution >= 0.6 is 46.6 Å². The molecular weight excluding hydrogens is 580 g/mol. The average molecular weight is 596 g/mol. The monoisotopic (exact) mass is 594 g/mol. The molecule has 0 aliphatic carbocycles. The fraction of sp³-hybridized carbons (Fsp3) is 0.154. The smallest absolute Gasteiger partial charge is 0.294 e. The first-order chi connectivity index (χ1) is 18.1. The largest absolute Gasteiger partial charge is 0.407 e. The molecule has 0 N–H and O–H groups in total. The lowest BCUT2D eigenvalue weighted by molar-refractivity contribution is -0.161. The fourth-order valence-corrected chi connectivity index (χ4v) is 5.69. The maximum Gasteiger partial charge on any atom is 0.407 e. The molecule has 3 aromatic carbocycles. The number of aromatic nitrogens is 3. The zero-order chi connectivity index (χ0) is 27.5. The maximum atomic E-state index is 15.0. The molecule has 0 saturated carbocycles. The van der Waals surface area contributed by atoms with Crippen LogP contribution in [-0.2, 0) is 10.5 Å². The average Bonchev–Trinajstić information content (AvgIpc) is 3.43. The van der Waals surface area contributed by atoms with Crippen molar-refractivity contribution in [2.45, 2.75) is 23.1 Å². The van der Waals surface area contributed by atoms with E-state index in [1.54, 1.807) is 30.3 Å². The van der Waals surface area contributed by atoms with E-state index in [0.29, 0.717) is 23.0 Å². The van der Waals surface area contributed by atoms with E-state index in [1.165, 1.54) is 35.5 Å². The van der Waals surface area contributed by atoms with Crippen LogP contribution in [0.2, 0.25) is 15.1 Å². The van der Waals surface area contributed by atoms with Crippen molar-refractivity contribution < 1.29 is 18.0 Å². The van der Waals surface area contributed by atoms with Crippen molar-refractivity contribution in [3.63, 3.8) is 0 Å². The summed E-state index contributed by atoms with van der Waals surface area (Å²) in [4.78, 5) is 17.3. The molecule has 0 aliphatic heterocycles. The summed E-state index contributed by atoms with van der Waals surface area (Å²) in [6, 6.07) is 16.7. The van der Waals surface area contributed by atoms with Crippen molar-refractivity contribution in [3.05, 3.63) is 111 Å². The van der Waals surface area contributed by atoms with Crippen LogP contribution < -0.4 is 0 Å². The summed E-state index contributed by atoms with van der Waals surface area (Å²) in [6.07, 6.45) is -3.25. The van der Waals surface area contributed by atoms with E-state index >= 15 is 13.2 Å². The number of carbonyl (C=O) groups is 1. The van der Waals surface area contributed by atoms with Crippen LogP contribution in [0.4, 0.5) is 13.2 Å². The molecule has 0 aliphatic rings. The second-order valence-electron chi connectivity index (χ2n) is 8.14. The molecule has 0 bridgehead atoms. The van der Waals surface area contributed by atoms with E-state index in [2.05, 4.69) is 10.1 Å². The van der Waals surface area contributed by atoms with Crippen molar-refractivity contribution in [2.24, 2.45) is 0 Å². The highest BCUT2D eigenvalue weighted by Crippen LogP contribution is 2.55. The van der Waals surface area contributed by atoms with Gasteiger partial charge in [-0.2, -0.15) is 23.5 Å². The molecule has 1 aromatic heterocycles. The zero-order valence-electron chi connectivity index (χ0n) is 19.2. The minimum atomic E-state index is -4.90. The number of benzene rings is 3. The highest BCUT2D eigenvalue weighted by molar-refractivity contribution is 7.99. The number of Topliss-reactive ketones (excluding diaryl/α,β-unsaturated/α-hetero) is 1. The Morgan fingerprint density at radius 3 is 2.29 bits per heavy atom. The highest BCUT2D eigenvalue weighted by Gasteiger charge is 2.57. The first kappa shape index (κ1) is 28.0. The number of rotatable bonds is 8. The van der Waals surface area contributed by atoms with Gasteiger partial charge in [0.2, 0.25) is 0 Å². The summed E-state index contributed by atoms with van der Waals surface area (Å²) in [5.41, 5.74) is 0.643. The standard InChI is InChI=1S/C26H16Cl3F3N4OS/c27-20-9-19(10-21(28)24(20)29)25(26(30,31)32,38-13-16-4-2-1-3-5-16)11-23(37)17-6-7-22(18(8-17)12-33)36-15-34-14-35-36/h1-10,14-15H,11,13H2/t25-/m0/s1. The molecule has 12 heteroatoms. The van der Waals surface area contributed by atoms with Gasteiger partial charge in [0, 0.05) is 17.7 Å². The summed E-state index contributed by atoms with van der Waals surface area (Å²) in [5.74, 6) is -0.882. The third-order valence-corrected chi connectivity index (χ3v) is 8.53. The number of nitriles is 1. The fourth-order valence-electron chi connectivity index (χ4n) is 3.81. The Morgan fingerprint density at radius 2 is 1.71 bits per heavy atom. The topological polar surface area (TPSA) is 71.6 Å². The van der Waals surface area contributed by atoms with Gasteiger partial charge in [-0.25, -0.2) is 9.67 Å². The van der Waals surface area contributed by atoms with Crippen LogP contribution in [0.1, 0.15) is 33.5 Å². The van der Waals surface area contributed by atoms with Crippen LogP contribution in [-0.4, -0.2) is 26.7 Å². The van der Waals surface area contributed by atoms with Crippen molar-refractivity contribution in [1.29, 1.82) is 5.26 Å². The number of nitrogens with zero attached hydrogens (tertiary/aromatic N) is 4. The molecule has 0 fully saturated rings. The minimum absolute atomic E-state index is 0.0495. The van der Waals surface area contributed by atoms with Crippen LogP contribution in [0.25, 0.3) is 5.69 Å². The van der Waals surface area contributed by atoms with Gasteiger partial charge in [-0.1, -0.05) is 65.1 Å². The Balaban J connectivity index is 1.80. The Morgan fingerprint density at radius 1 is 1.03 bits per heavy atom. The van der Waals surface area contributed by atoms with Crippen molar-refractivity contribution in [3.8, 4) is 11.8 Å². The molecule has 0 radical (unpaired) electrons. The van der Waals surface area contributed by atoms with E-state index in [4.69, 9.17) is 34.8 Å². The molecular formula is C26H16Cl3F3N4OS. The lowest BCUT2D eigenvalue weighted by Crippen LogP contribution is -2.41. The quantitative estimate of drug-likeness (QED) is 0.152. The van der Waals surface area contributed by atoms with Gasteiger partial charge in [0.1, 0.15) is 23.5 Å². The van der Waals surface area contributed by atoms with Gasteiger partial charge in [-0.05, 0) is 41.5 Å². The van der Waals surface area contributed by atoms with Gasteiger partial charge in [-0.3, -0.25) is 4.79 Å². The molecule has 4 rings (SSSR count). The van der Waals surface area contributed by atoms with Gasteiger partial charge in [-0.15, -0.1) is 11.8 Å². The number of halogens is 6. The highest BCUT2D eigenvalue weighted by atomic mass is 35.5. The number of thioether (sulfide) groups is 1. The summed E-state index contributed by atoms with van der Waals surface area (Å²) < 4.78 is 43.7. The van der Waals surface area contributed by atoms with Crippen molar-refractivity contribution in [2.75, 3.05) is 0 Å². The zero-order valence-corrected chi connectivity index (χ0v) is 22.3.